The molecule has 28 heavy (non-hydrogen) atoms. The Morgan fingerprint density at radius 3 is 2.43 bits per heavy atom. The monoisotopic (exact) mass is 378 g/mol. The van der Waals surface area contributed by atoms with Crippen LogP contribution in [-0.2, 0) is 0 Å². The van der Waals surface area contributed by atoms with Gasteiger partial charge in [0.2, 0.25) is 0 Å². The van der Waals surface area contributed by atoms with Gasteiger partial charge in [0.15, 0.2) is 0 Å². The summed E-state index contributed by atoms with van der Waals surface area (Å²) in [6.07, 6.45) is -0.523. The standard InChI is InChI=1S/C22H19FN2O3/c1-27-16-11-12-19(20(13-16)28-2)25-21(14-7-9-15(23)10-8-14)24-18-6-4-3-5-17(18)22(25)26/h3-13,21,24H,1-2H3. The van der Waals surface area contributed by atoms with Crippen LogP contribution in [-0.4, -0.2) is 20.1 Å². The molecule has 3 aromatic carbocycles. The maximum absolute atomic E-state index is 13.5. The van der Waals surface area contributed by atoms with Crippen LogP contribution < -0.4 is 19.7 Å². The summed E-state index contributed by atoms with van der Waals surface area (Å²) < 4.78 is 24.2. The van der Waals surface area contributed by atoms with Gasteiger partial charge in [-0.25, -0.2) is 4.39 Å². The van der Waals surface area contributed by atoms with Crippen LogP contribution in [0.25, 0.3) is 0 Å². The van der Waals surface area contributed by atoms with Crippen LogP contribution in [0.2, 0.25) is 0 Å². The van der Waals surface area contributed by atoms with Gasteiger partial charge in [0.1, 0.15) is 23.5 Å². The molecule has 1 aliphatic rings. The minimum atomic E-state index is -0.523. The first-order valence-electron chi connectivity index (χ1n) is 8.79. The quantitative estimate of drug-likeness (QED) is 0.720. The van der Waals surface area contributed by atoms with Gasteiger partial charge in [-0.05, 0) is 42.0 Å². The maximum atomic E-state index is 13.5. The minimum Gasteiger partial charge on any atom is -0.497 e. The number of ether oxygens (including phenoxy) is 2. The Kier molecular flexibility index (Phi) is 4.61. The molecular weight excluding hydrogens is 359 g/mol. The lowest BCUT2D eigenvalue weighted by Gasteiger charge is -2.38. The Balaban J connectivity index is 1.88. The van der Waals surface area contributed by atoms with Gasteiger partial charge < -0.3 is 14.8 Å². The fraction of sp³-hybridized carbons (Fsp3) is 0.136. The zero-order chi connectivity index (χ0) is 19.7. The van der Waals surface area contributed by atoms with E-state index in [1.165, 1.54) is 12.1 Å². The van der Waals surface area contributed by atoms with E-state index in [-0.39, 0.29) is 11.7 Å². The van der Waals surface area contributed by atoms with E-state index in [2.05, 4.69) is 5.32 Å². The molecule has 1 N–H and O–H groups in total. The average molecular weight is 378 g/mol. The second-order valence-electron chi connectivity index (χ2n) is 6.36. The first-order valence-corrected chi connectivity index (χ1v) is 8.79. The highest BCUT2D eigenvalue weighted by Crippen LogP contribution is 2.41. The van der Waals surface area contributed by atoms with E-state index in [0.29, 0.717) is 22.7 Å². The molecule has 0 aromatic heterocycles. The van der Waals surface area contributed by atoms with Crippen LogP contribution in [0.15, 0.2) is 66.7 Å². The zero-order valence-corrected chi connectivity index (χ0v) is 15.5. The third-order valence-electron chi connectivity index (χ3n) is 4.76. The van der Waals surface area contributed by atoms with Gasteiger partial charge in [-0.1, -0.05) is 24.3 Å². The molecule has 1 atom stereocenters. The van der Waals surface area contributed by atoms with Crippen molar-refractivity contribution in [2.24, 2.45) is 0 Å². The van der Waals surface area contributed by atoms with E-state index in [1.54, 1.807) is 55.5 Å². The number of carbonyl (C=O) groups excluding carboxylic acids is 1. The molecular formula is C22H19FN2O3. The number of hydrogen-bond donors (Lipinski definition) is 1. The molecule has 1 amide bonds. The van der Waals surface area contributed by atoms with Gasteiger partial charge in [-0.2, -0.15) is 0 Å². The number of halogens is 1. The average Bonchev–Trinajstić information content (AvgIpc) is 2.74. The van der Waals surface area contributed by atoms with Crippen LogP contribution in [0, 0.1) is 5.82 Å². The van der Waals surface area contributed by atoms with E-state index in [1.807, 2.05) is 18.2 Å². The van der Waals surface area contributed by atoms with E-state index in [0.717, 1.165) is 11.3 Å². The molecule has 0 radical (unpaired) electrons. The first kappa shape index (κ1) is 17.9. The lowest BCUT2D eigenvalue weighted by molar-refractivity contribution is 0.0974. The third-order valence-corrected chi connectivity index (χ3v) is 4.76. The summed E-state index contributed by atoms with van der Waals surface area (Å²) >= 11 is 0. The van der Waals surface area contributed by atoms with Gasteiger partial charge in [0.25, 0.3) is 5.91 Å². The summed E-state index contributed by atoms with van der Waals surface area (Å²) in [5.74, 6) is 0.616. The van der Waals surface area contributed by atoms with Gasteiger partial charge in [0.05, 0.1) is 25.5 Å². The molecule has 0 fully saturated rings. The van der Waals surface area contributed by atoms with Crippen LogP contribution in [0.3, 0.4) is 0 Å². The predicted molar refractivity (Wildman–Crippen MR) is 106 cm³/mol. The second kappa shape index (κ2) is 7.23. The number of nitrogens with one attached hydrogen (secondary N) is 1. The number of benzene rings is 3. The Morgan fingerprint density at radius 2 is 1.71 bits per heavy atom. The van der Waals surface area contributed by atoms with Gasteiger partial charge in [-0.3, -0.25) is 9.69 Å². The Bertz CT molecular complexity index is 1020. The fourth-order valence-corrected chi connectivity index (χ4v) is 3.36. The maximum Gasteiger partial charge on any atom is 0.262 e. The number of nitrogens with zero attached hydrogens (tertiary/aromatic N) is 1. The molecule has 5 nitrogen and oxygen atoms in total. The van der Waals surface area contributed by atoms with E-state index in [9.17, 15) is 9.18 Å². The molecule has 0 aliphatic carbocycles. The molecule has 0 bridgehead atoms. The topological polar surface area (TPSA) is 50.8 Å². The molecule has 6 heteroatoms. The molecule has 1 heterocycles. The number of fused-ring (bicyclic) bond motifs is 1. The molecule has 0 saturated carbocycles. The van der Waals surface area contributed by atoms with Crippen LogP contribution >= 0.6 is 0 Å². The van der Waals surface area contributed by atoms with Crippen molar-refractivity contribution in [3.05, 3.63) is 83.7 Å². The molecule has 4 rings (SSSR count). The minimum absolute atomic E-state index is 0.174. The van der Waals surface area contributed by atoms with E-state index >= 15 is 0 Å². The number of methoxy groups -OCH3 is 2. The number of anilines is 2. The smallest absolute Gasteiger partial charge is 0.262 e. The SMILES string of the molecule is COc1ccc(N2C(=O)c3ccccc3NC2c2ccc(F)cc2)c(OC)c1. The summed E-state index contributed by atoms with van der Waals surface area (Å²) in [7, 11) is 3.11. The number of carbonyl (C=O) groups is 1. The van der Waals surface area contributed by atoms with Crippen molar-refractivity contribution in [2.45, 2.75) is 6.17 Å². The first-order chi connectivity index (χ1) is 13.6. The highest BCUT2D eigenvalue weighted by atomic mass is 19.1. The van der Waals surface area contributed by atoms with E-state index < -0.39 is 6.17 Å². The number of para-hydroxylation sites is 1. The normalized spacial score (nSPS) is 15.6. The van der Waals surface area contributed by atoms with Crippen LogP contribution in [0.1, 0.15) is 22.1 Å². The number of amides is 1. The molecule has 142 valence electrons. The third kappa shape index (κ3) is 3.03. The Hall–Kier alpha value is -3.54. The largest absolute Gasteiger partial charge is 0.497 e. The highest BCUT2D eigenvalue weighted by Gasteiger charge is 2.35. The van der Waals surface area contributed by atoms with Crippen molar-refractivity contribution in [2.75, 3.05) is 24.4 Å². The van der Waals surface area contributed by atoms with Crippen LogP contribution in [0.5, 0.6) is 11.5 Å². The molecule has 3 aromatic rings. The van der Waals surface area contributed by atoms with Crippen molar-refractivity contribution >= 4 is 17.3 Å². The van der Waals surface area contributed by atoms with Gasteiger partial charge in [0, 0.05) is 11.8 Å². The van der Waals surface area contributed by atoms with Crippen molar-refractivity contribution < 1.29 is 18.7 Å². The predicted octanol–water partition coefficient (Wildman–Crippen LogP) is 4.61. The molecule has 1 aliphatic heterocycles. The van der Waals surface area contributed by atoms with Gasteiger partial charge >= 0.3 is 0 Å². The summed E-state index contributed by atoms with van der Waals surface area (Å²) in [6.45, 7) is 0. The highest BCUT2D eigenvalue weighted by molar-refractivity contribution is 6.12. The molecule has 1 unspecified atom stereocenters. The number of rotatable bonds is 4. The lowest BCUT2D eigenvalue weighted by atomic mass is 10.0. The summed E-state index contributed by atoms with van der Waals surface area (Å²) in [5, 5.41) is 3.39. The number of hydrogen-bond acceptors (Lipinski definition) is 4. The van der Waals surface area contributed by atoms with Crippen molar-refractivity contribution in [1.29, 1.82) is 0 Å². The summed E-state index contributed by atoms with van der Waals surface area (Å²) in [4.78, 5) is 15.0. The Morgan fingerprint density at radius 1 is 0.964 bits per heavy atom. The van der Waals surface area contributed by atoms with Crippen molar-refractivity contribution in [3.63, 3.8) is 0 Å². The van der Waals surface area contributed by atoms with Crippen molar-refractivity contribution in [1.82, 2.24) is 0 Å². The summed E-state index contributed by atoms with van der Waals surface area (Å²) in [6, 6.07) is 18.7. The second-order valence-corrected chi connectivity index (χ2v) is 6.36. The van der Waals surface area contributed by atoms with Crippen LogP contribution in [0.4, 0.5) is 15.8 Å². The summed E-state index contributed by atoms with van der Waals surface area (Å²) in [5.41, 5.74) is 2.62. The lowest BCUT2D eigenvalue weighted by Crippen LogP contribution is -2.43. The van der Waals surface area contributed by atoms with E-state index in [4.69, 9.17) is 9.47 Å². The van der Waals surface area contributed by atoms with Gasteiger partial charge in [-0.15, -0.1) is 0 Å². The fourth-order valence-electron chi connectivity index (χ4n) is 3.36. The van der Waals surface area contributed by atoms with Crippen molar-refractivity contribution in [3.8, 4) is 11.5 Å². The molecule has 0 saturated heterocycles. The zero-order valence-electron chi connectivity index (χ0n) is 15.5. The molecule has 0 spiro atoms. The Labute approximate surface area is 162 Å².